The number of rotatable bonds is 27. The van der Waals surface area contributed by atoms with Crippen molar-refractivity contribution in [3.05, 3.63) is 29.8 Å². The Labute approximate surface area is 267 Å². The van der Waals surface area contributed by atoms with Gasteiger partial charge in [0.2, 0.25) is 17.7 Å². The topological polar surface area (TPSA) is 177 Å². The Hall–Kier alpha value is -3.10. The van der Waals surface area contributed by atoms with E-state index >= 15 is 0 Å². The van der Waals surface area contributed by atoms with Crippen LogP contribution in [0.2, 0.25) is 0 Å². The molecule has 0 bridgehead atoms. The molecule has 0 aliphatic heterocycles. The van der Waals surface area contributed by atoms with Crippen molar-refractivity contribution in [2.24, 2.45) is 11.7 Å². The summed E-state index contributed by atoms with van der Waals surface area (Å²) in [4.78, 5) is 48.9. The first-order valence-corrected chi connectivity index (χ1v) is 15.9. The average Bonchev–Trinajstić information content (AvgIpc) is 3.02. The number of nitrogens with one attached hydrogen (secondary N) is 3. The molecular formula is C32H54N4O9. The molecule has 0 spiro atoms. The predicted molar refractivity (Wildman–Crippen MR) is 170 cm³/mol. The molecule has 1 aromatic rings. The van der Waals surface area contributed by atoms with E-state index in [1.165, 1.54) is 0 Å². The molecule has 13 nitrogen and oxygen atoms in total. The lowest BCUT2D eigenvalue weighted by molar-refractivity contribution is -0.144. The summed E-state index contributed by atoms with van der Waals surface area (Å²) in [5.74, 6) is -0.873. The number of esters is 1. The Morgan fingerprint density at radius 3 is 1.96 bits per heavy atom. The molecule has 0 radical (unpaired) electrons. The fourth-order valence-electron chi connectivity index (χ4n) is 3.70. The van der Waals surface area contributed by atoms with Gasteiger partial charge >= 0.3 is 5.97 Å². The number of benzene rings is 1. The van der Waals surface area contributed by atoms with E-state index in [1.54, 1.807) is 31.2 Å². The molecule has 1 rings (SSSR count). The first kappa shape index (κ1) is 39.9. The van der Waals surface area contributed by atoms with Crippen LogP contribution in [0.4, 0.5) is 5.69 Å². The largest absolute Gasteiger partial charge is 0.461 e. The van der Waals surface area contributed by atoms with Gasteiger partial charge in [0.05, 0.1) is 52.8 Å². The molecule has 3 amide bonds. The standard InChI is InChI=1S/C32H54N4O9/c1-4-31(39)45-24-26-8-10-27(11-9-26)35-32(40)28(7-5-6-14-33)36-30(38)23-34-29(37)13-16-42-18-20-44-22-21-43-19-17-41-15-12-25(2)3/h8-11,25,28H,4-7,12-24,33H2,1-3H3,(H,34,37)(H,35,40)(H,36,38). The summed E-state index contributed by atoms with van der Waals surface area (Å²) in [6, 6.07) is 6.08. The highest BCUT2D eigenvalue weighted by Crippen LogP contribution is 2.12. The van der Waals surface area contributed by atoms with Gasteiger partial charge in [0.25, 0.3) is 0 Å². The van der Waals surface area contributed by atoms with Crippen LogP contribution >= 0.6 is 0 Å². The lowest BCUT2D eigenvalue weighted by atomic mass is 10.1. The molecule has 0 aromatic heterocycles. The molecule has 5 N–H and O–H groups in total. The minimum Gasteiger partial charge on any atom is -0.461 e. The second kappa shape index (κ2) is 26.1. The smallest absolute Gasteiger partial charge is 0.305 e. The summed E-state index contributed by atoms with van der Waals surface area (Å²) in [7, 11) is 0. The zero-order valence-electron chi connectivity index (χ0n) is 27.2. The van der Waals surface area contributed by atoms with E-state index in [9.17, 15) is 19.2 Å². The molecule has 0 fully saturated rings. The molecule has 45 heavy (non-hydrogen) atoms. The zero-order chi connectivity index (χ0) is 33.1. The maximum atomic E-state index is 12.9. The van der Waals surface area contributed by atoms with Crippen LogP contribution in [-0.2, 0) is 49.5 Å². The number of carbonyl (C=O) groups is 4. The van der Waals surface area contributed by atoms with Gasteiger partial charge in [-0.1, -0.05) is 32.9 Å². The fraction of sp³-hybridized carbons (Fsp3) is 0.688. The number of nitrogens with two attached hydrogens (primary N) is 1. The highest BCUT2D eigenvalue weighted by molar-refractivity contribution is 5.97. The third-order valence-electron chi connectivity index (χ3n) is 6.38. The predicted octanol–water partition coefficient (Wildman–Crippen LogP) is 2.31. The highest BCUT2D eigenvalue weighted by atomic mass is 16.6. The van der Waals surface area contributed by atoms with Crippen molar-refractivity contribution in [2.45, 2.75) is 71.9 Å². The van der Waals surface area contributed by atoms with Gasteiger partial charge in [0, 0.05) is 25.1 Å². The Balaban J connectivity index is 2.24. The minimum absolute atomic E-state index is 0.0846. The van der Waals surface area contributed by atoms with E-state index in [0.29, 0.717) is 83.5 Å². The van der Waals surface area contributed by atoms with E-state index in [2.05, 4.69) is 29.8 Å². The van der Waals surface area contributed by atoms with Crippen LogP contribution in [0, 0.1) is 5.92 Å². The lowest BCUT2D eigenvalue weighted by Gasteiger charge is -2.19. The van der Waals surface area contributed by atoms with Crippen molar-refractivity contribution in [1.82, 2.24) is 10.6 Å². The molecule has 0 aliphatic rings. The minimum atomic E-state index is -0.803. The molecule has 13 heteroatoms. The highest BCUT2D eigenvalue weighted by Gasteiger charge is 2.21. The van der Waals surface area contributed by atoms with Crippen LogP contribution in [0.5, 0.6) is 0 Å². The molecule has 0 saturated heterocycles. The van der Waals surface area contributed by atoms with Gasteiger partial charge in [-0.3, -0.25) is 19.2 Å². The van der Waals surface area contributed by atoms with Crippen molar-refractivity contribution in [2.75, 3.05) is 71.3 Å². The van der Waals surface area contributed by atoms with Gasteiger partial charge in [-0.15, -0.1) is 0 Å². The first-order chi connectivity index (χ1) is 21.7. The van der Waals surface area contributed by atoms with Crippen LogP contribution in [0.25, 0.3) is 0 Å². The Morgan fingerprint density at radius 1 is 0.778 bits per heavy atom. The van der Waals surface area contributed by atoms with Gasteiger partial charge in [0.1, 0.15) is 12.6 Å². The molecular weight excluding hydrogens is 584 g/mol. The molecule has 1 atom stereocenters. The Morgan fingerprint density at radius 2 is 1.38 bits per heavy atom. The molecule has 0 saturated carbocycles. The Kier molecular flexibility index (Phi) is 23.2. The molecule has 0 heterocycles. The summed E-state index contributed by atoms with van der Waals surface area (Å²) in [6.07, 6.45) is 3.16. The van der Waals surface area contributed by atoms with Gasteiger partial charge in [-0.05, 0) is 55.8 Å². The fourth-order valence-corrected chi connectivity index (χ4v) is 3.70. The van der Waals surface area contributed by atoms with Crippen LogP contribution in [0.1, 0.15) is 64.9 Å². The summed E-state index contributed by atoms with van der Waals surface area (Å²) < 4.78 is 26.9. The number of ether oxygens (including phenoxy) is 5. The van der Waals surface area contributed by atoms with Gasteiger partial charge in [-0.2, -0.15) is 0 Å². The van der Waals surface area contributed by atoms with Crippen molar-refractivity contribution in [3.63, 3.8) is 0 Å². The average molecular weight is 639 g/mol. The SMILES string of the molecule is CCC(=O)OCc1ccc(NC(=O)C(CCCCN)NC(=O)CNC(=O)CCOCCOCCOCCOCCC(C)C)cc1. The summed E-state index contributed by atoms with van der Waals surface area (Å²) in [6.45, 7) is 10.1. The van der Waals surface area contributed by atoms with E-state index in [0.717, 1.165) is 18.6 Å². The number of amides is 3. The number of anilines is 1. The molecule has 1 aromatic carbocycles. The van der Waals surface area contributed by atoms with Crippen molar-refractivity contribution in [1.29, 1.82) is 0 Å². The summed E-state index contributed by atoms with van der Waals surface area (Å²) in [5, 5.41) is 8.04. The zero-order valence-corrected chi connectivity index (χ0v) is 27.2. The van der Waals surface area contributed by atoms with Gasteiger partial charge in [0.15, 0.2) is 0 Å². The normalized spacial score (nSPS) is 11.7. The van der Waals surface area contributed by atoms with E-state index in [1.807, 2.05) is 0 Å². The van der Waals surface area contributed by atoms with Crippen molar-refractivity contribution in [3.8, 4) is 0 Å². The quantitative estimate of drug-likeness (QED) is 0.0826. The van der Waals surface area contributed by atoms with Crippen LogP contribution in [0.15, 0.2) is 24.3 Å². The molecule has 1 unspecified atom stereocenters. The monoisotopic (exact) mass is 638 g/mol. The second-order valence-electron chi connectivity index (χ2n) is 10.8. The number of hydrogen-bond donors (Lipinski definition) is 4. The molecule has 256 valence electrons. The van der Waals surface area contributed by atoms with Crippen LogP contribution in [-0.4, -0.2) is 95.7 Å². The van der Waals surface area contributed by atoms with Gasteiger partial charge in [-0.25, -0.2) is 0 Å². The Bertz CT molecular complexity index is 960. The first-order valence-electron chi connectivity index (χ1n) is 15.9. The number of carbonyl (C=O) groups excluding carboxylic acids is 4. The van der Waals surface area contributed by atoms with Crippen molar-refractivity contribution < 1.29 is 42.9 Å². The second-order valence-corrected chi connectivity index (χ2v) is 10.8. The number of hydrogen-bond acceptors (Lipinski definition) is 10. The maximum Gasteiger partial charge on any atom is 0.305 e. The summed E-state index contributed by atoms with van der Waals surface area (Å²) in [5.41, 5.74) is 6.91. The van der Waals surface area contributed by atoms with Crippen LogP contribution in [0.3, 0.4) is 0 Å². The van der Waals surface area contributed by atoms with E-state index in [4.69, 9.17) is 29.4 Å². The third kappa shape index (κ3) is 22.1. The molecule has 0 aliphatic carbocycles. The lowest BCUT2D eigenvalue weighted by Crippen LogP contribution is -2.47. The number of unbranched alkanes of at least 4 members (excludes halogenated alkanes) is 1. The maximum absolute atomic E-state index is 12.9. The van der Waals surface area contributed by atoms with Crippen LogP contribution < -0.4 is 21.7 Å². The third-order valence-corrected chi connectivity index (χ3v) is 6.38. The van der Waals surface area contributed by atoms with E-state index in [-0.39, 0.29) is 44.0 Å². The van der Waals surface area contributed by atoms with E-state index < -0.39 is 11.9 Å². The van der Waals surface area contributed by atoms with Crippen molar-refractivity contribution >= 4 is 29.4 Å². The van der Waals surface area contributed by atoms with Gasteiger partial charge < -0.3 is 45.4 Å². The summed E-state index contributed by atoms with van der Waals surface area (Å²) >= 11 is 0.